The molecule has 0 radical (unpaired) electrons. The molecule has 0 bridgehead atoms. The maximum atomic E-state index is 7.20. The van der Waals surface area contributed by atoms with Crippen LogP contribution < -0.4 is 0 Å². The molecule has 2 saturated carbocycles. The Hall–Kier alpha value is 0.487. The Balaban J connectivity index is 2.02. The second-order valence-corrected chi connectivity index (χ2v) is 25.3. The summed E-state index contributed by atoms with van der Waals surface area (Å²) in [4.78, 5) is 0. The molecule has 4 atom stereocenters. The van der Waals surface area contributed by atoms with Crippen molar-refractivity contribution in [3.8, 4) is 0 Å². The van der Waals surface area contributed by atoms with E-state index in [1.165, 1.54) is 38.5 Å². The van der Waals surface area contributed by atoms with E-state index in [2.05, 4.69) is 96.9 Å². The third-order valence-electron chi connectivity index (χ3n) is 11.2. The summed E-state index contributed by atoms with van der Waals surface area (Å²) in [7, 11) is -2.57. The lowest BCUT2D eigenvalue weighted by molar-refractivity contribution is 0.0600. The van der Waals surface area contributed by atoms with Gasteiger partial charge in [-0.3, -0.25) is 0 Å². The fraction of sp³-hybridized carbons (Fsp3) is 1.00. The van der Waals surface area contributed by atoms with Crippen molar-refractivity contribution in [1.29, 1.82) is 0 Å². The zero-order chi connectivity index (χ0) is 27.6. The minimum Gasteiger partial charge on any atom is -0.381 e. The van der Waals surface area contributed by atoms with Crippen molar-refractivity contribution in [2.45, 2.75) is 180 Å². The second kappa shape index (κ2) is 12.8. The molecule has 0 saturated heterocycles. The van der Waals surface area contributed by atoms with E-state index in [1.54, 1.807) is 0 Å². The Labute approximate surface area is 230 Å². The van der Waals surface area contributed by atoms with Crippen LogP contribution in [0.2, 0.25) is 16.6 Å². The molecule has 0 N–H and O–H groups in total. The van der Waals surface area contributed by atoms with Crippen LogP contribution in [0.5, 0.6) is 0 Å². The molecule has 0 heterocycles. The second-order valence-electron chi connectivity index (χ2n) is 14.9. The van der Waals surface area contributed by atoms with Crippen LogP contribution >= 0.6 is 10.3 Å². The van der Waals surface area contributed by atoms with Crippen molar-refractivity contribution >= 4 is 18.4 Å². The van der Waals surface area contributed by atoms with Crippen LogP contribution in [0.3, 0.4) is 0 Å². The quantitative estimate of drug-likeness (QED) is 0.215. The Morgan fingerprint density at radius 1 is 0.639 bits per heavy atom. The van der Waals surface area contributed by atoms with E-state index >= 15 is 0 Å². The fourth-order valence-corrected chi connectivity index (χ4v) is 18.9. The van der Waals surface area contributed by atoms with Crippen molar-refractivity contribution in [2.75, 3.05) is 6.23 Å². The van der Waals surface area contributed by atoms with Crippen LogP contribution in [0, 0.1) is 17.3 Å². The molecule has 2 fully saturated rings. The van der Waals surface area contributed by atoms with E-state index in [1.807, 2.05) is 0 Å². The normalized spacial score (nSPS) is 27.1. The Bertz CT molecular complexity index is 626. The SMILES string of the molecule is CC(C)[Si](COC1CCC(C(C)(C)C2CCC(OS(C(C)C)(C(C)C)C(C)C)C2)C1)(C(C)C)C(C)C. The summed E-state index contributed by atoms with van der Waals surface area (Å²) < 4.78 is 14.0. The monoisotopic (exact) mass is 542 g/mol. The average Bonchev–Trinajstić information content (AvgIpc) is 3.41. The topological polar surface area (TPSA) is 18.5 Å². The Kier molecular flexibility index (Phi) is 11.6. The number of hydrogen-bond acceptors (Lipinski definition) is 2. The molecule has 0 aromatic rings. The van der Waals surface area contributed by atoms with Crippen LogP contribution in [-0.2, 0) is 8.92 Å². The Morgan fingerprint density at radius 2 is 1.03 bits per heavy atom. The van der Waals surface area contributed by atoms with Crippen LogP contribution in [0.1, 0.15) is 135 Å². The summed E-state index contributed by atoms with van der Waals surface area (Å²) >= 11 is 0. The van der Waals surface area contributed by atoms with Crippen LogP contribution in [0.15, 0.2) is 0 Å². The molecule has 0 aromatic carbocycles. The summed E-state index contributed by atoms with van der Waals surface area (Å²) in [5, 5.41) is 1.86. The molecule has 0 aliphatic heterocycles. The number of hydrogen-bond donors (Lipinski definition) is 0. The predicted molar refractivity (Wildman–Crippen MR) is 167 cm³/mol. The van der Waals surface area contributed by atoms with Crippen molar-refractivity contribution in [1.82, 2.24) is 0 Å². The van der Waals surface area contributed by atoms with Gasteiger partial charge in [-0.05, 0) is 72.4 Å². The average molecular weight is 543 g/mol. The summed E-state index contributed by atoms with van der Waals surface area (Å²) in [6, 6.07) is 0. The van der Waals surface area contributed by atoms with E-state index in [4.69, 9.17) is 8.92 Å². The first kappa shape index (κ1) is 32.7. The van der Waals surface area contributed by atoms with Gasteiger partial charge in [0, 0.05) is 22.0 Å². The van der Waals surface area contributed by atoms with E-state index in [9.17, 15) is 0 Å². The highest BCUT2D eigenvalue weighted by Crippen LogP contribution is 2.64. The molecule has 4 unspecified atom stereocenters. The van der Waals surface area contributed by atoms with Gasteiger partial charge in [-0.25, -0.2) is 0 Å². The van der Waals surface area contributed by atoms with Crippen molar-refractivity contribution in [2.24, 2.45) is 17.3 Å². The van der Waals surface area contributed by atoms with Gasteiger partial charge >= 0.3 is 0 Å². The van der Waals surface area contributed by atoms with Gasteiger partial charge in [0.05, 0.1) is 20.3 Å². The lowest BCUT2D eigenvalue weighted by Gasteiger charge is -2.52. The first-order valence-electron chi connectivity index (χ1n) is 15.6. The molecular weight excluding hydrogens is 477 g/mol. The maximum absolute atomic E-state index is 7.20. The minimum atomic E-state index is -1.49. The van der Waals surface area contributed by atoms with Crippen molar-refractivity contribution < 1.29 is 8.92 Å². The van der Waals surface area contributed by atoms with Gasteiger partial charge in [0.1, 0.15) is 0 Å². The molecule has 2 aliphatic rings. The van der Waals surface area contributed by atoms with Gasteiger partial charge in [-0.1, -0.05) is 96.9 Å². The van der Waals surface area contributed by atoms with Gasteiger partial charge < -0.3 is 8.92 Å². The molecule has 0 aromatic heterocycles. The first-order chi connectivity index (χ1) is 16.5. The third-order valence-corrected chi connectivity index (χ3v) is 23.3. The maximum Gasteiger partial charge on any atom is 0.0912 e. The predicted octanol–water partition coefficient (Wildman–Crippen LogP) is 10.5. The summed E-state index contributed by atoms with van der Waals surface area (Å²) in [5.74, 6) is 1.57. The zero-order valence-electron chi connectivity index (χ0n) is 26.9. The Morgan fingerprint density at radius 3 is 1.42 bits per heavy atom. The fourth-order valence-electron chi connectivity index (χ4n) is 8.77. The largest absolute Gasteiger partial charge is 0.381 e. The van der Waals surface area contributed by atoms with Crippen LogP contribution in [0.25, 0.3) is 0 Å². The number of ether oxygens (including phenoxy) is 1. The highest BCUT2D eigenvalue weighted by atomic mass is 32.3. The van der Waals surface area contributed by atoms with Gasteiger partial charge in [-0.2, -0.15) is 0 Å². The standard InChI is InChI=1S/C32H66O2SSi/c1-22(2)35(23(3)4,24(5)6)34-31-18-16-29(20-31)32(13,14)28-15-17-30(19-28)33-21-36(25(7)8,26(9)10)27(11)12/h22-31H,15-21H2,1-14H3. The van der Waals surface area contributed by atoms with Crippen LogP contribution in [0.4, 0.5) is 0 Å². The molecule has 0 spiro atoms. The van der Waals surface area contributed by atoms with Gasteiger partial charge in [0.15, 0.2) is 0 Å². The first-order valence-corrected chi connectivity index (χ1v) is 19.8. The molecule has 2 rings (SSSR count). The summed E-state index contributed by atoms with van der Waals surface area (Å²) in [5.41, 5.74) is 2.71. The minimum absolute atomic E-state index is 0.379. The van der Waals surface area contributed by atoms with Crippen molar-refractivity contribution in [3.63, 3.8) is 0 Å². The van der Waals surface area contributed by atoms with E-state index < -0.39 is 18.4 Å². The molecular formula is C32H66O2SSi. The van der Waals surface area contributed by atoms with Crippen molar-refractivity contribution in [3.05, 3.63) is 0 Å². The van der Waals surface area contributed by atoms with Gasteiger partial charge in [-0.15, -0.1) is 10.3 Å². The smallest absolute Gasteiger partial charge is 0.0912 e. The summed E-state index contributed by atoms with van der Waals surface area (Å²) in [6.07, 6.45) is 9.74. The highest BCUT2D eigenvalue weighted by molar-refractivity contribution is 8.31. The van der Waals surface area contributed by atoms with Gasteiger partial charge in [0.2, 0.25) is 0 Å². The molecule has 4 heteroatoms. The highest BCUT2D eigenvalue weighted by Gasteiger charge is 2.48. The van der Waals surface area contributed by atoms with E-state index in [0.717, 1.165) is 34.7 Å². The number of rotatable bonds is 13. The molecule has 2 nitrogen and oxygen atoms in total. The van der Waals surface area contributed by atoms with E-state index in [0.29, 0.717) is 33.4 Å². The molecule has 2 aliphatic carbocycles. The molecule has 36 heavy (non-hydrogen) atoms. The van der Waals surface area contributed by atoms with E-state index in [-0.39, 0.29) is 0 Å². The molecule has 216 valence electrons. The third kappa shape index (κ3) is 6.44. The lowest BCUT2D eigenvalue weighted by Crippen LogP contribution is -2.50. The lowest BCUT2D eigenvalue weighted by atomic mass is 9.68. The molecule has 0 amide bonds. The van der Waals surface area contributed by atoms with Gasteiger partial charge in [0.25, 0.3) is 0 Å². The van der Waals surface area contributed by atoms with Crippen LogP contribution in [-0.4, -0.2) is 42.3 Å². The summed E-state index contributed by atoms with van der Waals surface area (Å²) in [6.45, 7) is 34.3. The zero-order valence-corrected chi connectivity index (χ0v) is 28.8.